The number of fused-ring (bicyclic) bond motifs is 1. The van der Waals surface area contributed by atoms with E-state index < -0.39 is 23.0 Å². The minimum absolute atomic E-state index is 0.116. The largest absolute Gasteiger partial charge is 0.480 e. The summed E-state index contributed by atoms with van der Waals surface area (Å²) in [4.78, 5) is 37.1. The number of carbonyl (C=O) groups excluding carboxylic acids is 2. The van der Waals surface area contributed by atoms with E-state index in [2.05, 4.69) is 0 Å². The molecule has 5 heteroatoms. The van der Waals surface area contributed by atoms with Gasteiger partial charge in [0.25, 0.3) is 0 Å². The summed E-state index contributed by atoms with van der Waals surface area (Å²) in [7, 11) is 0. The van der Waals surface area contributed by atoms with Crippen LogP contribution >= 0.6 is 11.6 Å². The first-order valence-corrected chi connectivity index (χ1v) is 6.55. The first kappa shape index (κ1) is 13.5. The van der Waals surface area contributed by atoms with E-state index >= 15 is 0 Å². The number of hydrogen-bond acceptors (Lipinski definition) is 3. The van der Waals surface area contributed by atoms with Crippen LogP contribution in [0.25, 0.3) is 0 Å². The van der Waals surface area contributed by atoms with Gasteiger partial charge in [-0.15, -0.1) is 0 Å². The van der Waals surface area contributed by atoms with E-state index in [1.54, 1.807) is 12.1 Å². The Labute approximate surface area is 125 Å². The van der Waals surface area contributed by atoms with Crippen LogP contribution in [-0.4, -0.2) is 22.6 Å². The molecule has 1 aliphatic carbocycles. The molecule has 0 aromatic heterocycles. The highest BCUT2D eigenvalue weighted by Crippen LogP contribution is 2.40. The van der Waals surface area contributed by atoms with Crippen LogP contribution < -0.4 is 0 Å². The highest BCUT2D eigenvalue weighted by molar-refractivity contribution is 6.42. The summed E-state index contributed by atoms with van der Waals surface area (Å²) in [6.07, 6.45) is 0. The minimum Gasteiger partial charge on any atom is -0.480 e. The second kappa shape index (κ2) is 4.53. The number of halogens is 1. The zero-order valence-corrected chi connectivity index (χ0v) is 11.4. The van der Waals surface area contributed by atoms with Crippen LogP contribution in [0.3, 0.4) is 0 Å². The Morgan fingerprint density at radius 1 is 0.905 bits per heavy atom. The highest BCUT2D eigenvalue weighted by Gasteiger charge is 2.60. The van der Waals surface area contributed by atoms with E-state index in [0.29, 0.717) is 5.02 Å². The fraction of sp³-hybridized carbons (Fsp3) is 0.0625. The first-order valence-electron chi connectivity index (χ1n) is 6.17. The van der Waals surface area contributed by atoms with Crippen molar-refractivity contribution in [3.05, 3.63) is 70.2 Å². The Bertz CT molecular complexity index is 742. The number of hydrogen-bond donors (Lipinski definition) is 1. The van der Waals surface area contributed by atoms with Crippen LogP contribution in [0.4, 0.5) is 0 Å². The maximum atomic E-state index is 12.6. The maximum Gasteiger partial charge on any atom is 0.330 e. The van der Waals surface area contributed by atoms with Crippen LogP contribution in [0.15, 0.2) is 48.5 Å². The summed E-state index contributed by atoms with van der Waals surface area (Å²) >= 11 is 5.79. The molecule has 21 heavy (non-hydrogen) atoms. The molecule has 0 spiro atoms. The number of ketones is 2. The second-order valence-corrected chi connectivity index (χ2v) is 5.20. The van der Waals surface area contributed by atoms with Crippen molar-refractivity contribution in [1.29, 1.82) is 0 Å². The second-order valence-electron chi connectivity index (χ2n) is 4.77. The summed E-state index contributed by atoms with van der Waals surface area (Å²) in [5, 5.41) is 10.0. The predicted octanol–water partition coefficient (Wildman–Crippen LogP) is 2.74. The Morgan fingerprint density at radius 2 is 1.38 bits per heavy atom. The van der Waals surface area contributed by atoms with Crippen molar-refractivity contribution in [3.63, 3.8) is 0 Å². The van der Waals surface area contributed by atoms with Gasteiger partial charge in [0, 0.05) is 16.1 Å². The van der Waals surface area contributed by atoms with E-state index in [9.17, 15) is 19.5 Å². The molecule has 0 heterocycles. The molecule has 2 aromatic rings. The summed E-state index contributed by atoms with van der Waals surface area (Å²) in [5.41, 5.74) is -1.82. The zero-order valence-electron chi connectivity index (χ0n) is 10.7. The van der Waals surface area contributed by atoms with Gasteiger partial charge in [0.1, 0.15) is 0 Å². The maximum absolute atomic E-state index is 12.6. The van der Waals surface area contributed by atoms with Crippen LogP contribution in [0, 0.1) is 0 Å². The lowest BCUT2D eigenvalue weighted by Gasteiger charge is -2.21. The fourth-order valence-electron chi connectivity index (χ4n) is 2.67. The highest BCUT2D eigenvalue weighted by atomic mass is 35.5. The molecular formula is C16H9ClO4. The van der Waals surface area contributed by atoms with Crippen molar-refractivity contribution in [2.45, 2.75) is 5.41 Å². The van der Waals surface area contributed by atoms with Gasteiger partial charge < -0.3 is 5.11 Å². The molecule has 104 valence electrons. The molecule has 0 aliphatic heterocycles. The topological polar surface area (TPSA) is 71.4 Å². The van der Waals surface area contributed by atoms with E-state index in [1.165, 1.54) is 36.4 Å². The molecule has 4 nitrogen and oxygen atoms in total. The quantitative estimate of drug-likeness (QED) is 0.866. The number of aliphatic carboxylic acids is 1. The van der Waals surface area contributed by atoms with Crippen molar-refractivity contribution in [3.8, 4) is 0 Å². The number of benzene rings is 2. The smallest absolute Gasteiger partial charge is 0.330 e. The SMILES string of the molecule is O=C(O)C1(c2ccc(Cl)cc2)C(=O)c2ccccc2C1=O. The molecule has 0 bridgehead atoms. The van der Waals surface area contributed by atoms with Crippen molar-refractivity contribution in [2.75, 3.05) is 0 Å². The third-order valence-electron chi connectivity index (χ3n) is 3.70. The average Bonchev–Trinajstić information content (AvgIpc) is 2.70. The van der Waals surface area contributed by atoms with Crippen molar-refractivity contribution >= 4 is 29.1 Å². The van der Waals surface area contributed by atoms with Crippen LogP contribution in [0.5, 0.6) is 0 Å². The third kappa shape index (κ3) is 1.66. The summed E-state index contributed by atoms with van der Waals surface area (Å²) in [6.45, 7) is 0. The fourth-order valence-corrected chi connectivity index (χ4v) is 2.79. The summed E-state index contributed by atoms with van der Waals surface area (Å²) < 4.78 is 0. The van der Waals surface area contributed by atoms with Crippen molar-refractivity contribution in [2.24, 2.45) is 0 Å². The molecule has 2 aromatic carbocycles. The zero-order chi connectivity index (χ0) is 15.2. The van der Waals surface area contributed by atoms with Crippen molar-refractivity contribution < 1.29 is 19.5 Å². The van der Waals surface area contributed by atoms with Gasteiger partial charge in [-0.05, 0) is 17.7 Å². The summed E-state index contributed by atoms with van der Waals surface area (Å²) in [6, 6.07) is 11.9. The van der Waals surface area contributed by atoms with E-state index in [-0.39, 0.29) is 16.7 Å². The molecule has 0 radical (unpaired) electrons. The Balaban J connectivity index is 2.30. The number of carboxylic acids is 1. The first-order chi connectivity index (χ1) is 9.99. The molecule has 1 aliphatic rings. The van der Waals surface area contributed by atoms with Crippen molar-refractivity contribution in [1.82, 2.24) is 0 Å². The minimum atomic E-state index is -2.21. The van der Waals surface area contributed by atoms with E-state index in [1.807, 2.05) is 0 Å². The predicted molar refractivity (Wildman–Crippen MR) is 75.9 cm³/mol. The molecule has 0 saturated heterocycles. The van der Waals surface area contributed by atoms with Gasteiger partial charge in [-0.1, -0.05) is 48.0 Å². The third-order valence-corrected chi connectivity index (χ3v) is 3.95. The Hall–Kier alpha value is -2.46. The van der Waals surface area contributed by atoms with Gasteiger partial charge in [0.15, 0.2) is 11.6 Å². The average molecular weight is 301 g/mol. The van der Waals surface area contributed by atoms with E-state index in [4.69, 9.17) is 11.6 Å². The molecule has 0 fully saturated rings. The summed E-state index contributed by atoms with van der Waals surface area (Å²) in [5.74, 6) is -2.90. The number of Topliss-reactive ketones (excluding diaryl/α,β-unsaturated/α-hetero) is 2. The van der Waals surface area contributed by atoms with Crippen LogP contribution in [-0.2, 0) is 10.2 Å². The lowest BCUT2D eigenvalue weighted by Crippen LogP contribution is -2.46. The van der Waals surface area contributed by atoms with Crippen LogP contribution in [0.2, 0.25) is 5.02 Å². The van der Waals surface area contributed by atoms with Crippen LogP contribution in [0.1, 0.15) is 26.3 Å². The van der Waals surface area contributed by atoms with E-state index in [0.717, 1.165) is 0 Å². The molecule has 3 rings (SSSR count). The van der Waals surface area contributed by atoms with Gasteiger partial charge in [0.05, 0.1) is 0 Å². The normalized spacial score (nSPS) is 15.9. The monoisotopic (exact) mass is 300 g/mol. The van der Waals surface area contributed by atoms with Gasteiger partial charge in [-0.3, -0.25) is 14.4 Å². The number of carboxylic acid groups (broad SMARTS) is 1. The molecule has 1 N–H and O–H groups in total. The number of rotatable bonds is 2. The lowest BCUT2D eigenvalue weighted by atomic mass is 9.76. The van der Waals surface area contributed by atoms with Gasteiger partial charge in [-0.25, -0.2) is 0 Å². The standard InChI is InChI=1S/C16H9ClO4/c17-10-7-5-9(6-8-10)16(15(20)21)13(18)11-3-1-2-4-12(11)14(16)19/h1-8H,(H,20,21). The lowest BCUT2D eigenvalue weighted by molar-refractivity contribution is -0.139. The van der Waals surface area contributed by atoms with Gasteiger partial charge in [0.2, 0.25) is 5.41 Å². The number of carbonyl (C=O) groups is 3. The van der Waals surface area contributed by atoms with Gasteiger partial charge in [-0.2, -0.15) is 0 Å². The molecule has 0 amide bonds. The Morgan fingerprint density at radius 3 is 1.81 bits per heavy atom. The molecule has 0 saturated carbocycles. The molecule has 0 atom stereocenters. The molecule has 0 unspecified atom stereocenters. The Kier molecular flexibility index (Phi) is 2.92. The van der Waals surface area contributed by atoms with Gasteiger partial charge >= 0.3 is 5.97 Å². The molecular weight excluding hydrogens is 292 g/mol.